The molecule has 1 aromatic heterocycles. The number of hydrogen-bond acceptors (Lipinski definition) is 5. The third kappa shape index (κ3) is 4.56. The lowest BCUT2D eigenvalue weighted by molar-refractivity contribution is 0.0492. The van der Waals surface area contributed by atoms with Crippen LogP contribution in [-0.4, -0.2) is 63.3 Å². The zero-order chi connectivity index (χ0) is 21.9. The number of hydrogen-bond donors (Lipinski definition) is 1. The number of amides is 1. The molecule has 0 saturated heterocycles. The molecule has 2 aliphatic heterocycles. The summed E-state index contributed by atoms with van der Waals surface area (Å²) in [5.41, 5.74) is 6.74. The summed E-state index contributed by atoms with van der Waals surface area (Å²) >= 11 is 0. The normalized spacial score (nSPS) is 17.0. The zero-order valence-electron chi connectivity index (χ0n) is 18.2. The lowest BCUT2D eigenvalue weighted by atomic mass is 9.94. The summed E-state index contributed by atoms with van der Waals surface area (Å²) in [7, 11) is 0. The Kier molecular flexibility index (Phi) is 5.97. The van der Waals surface area contributed by atoms with Gasteiger partial charge in [0, 0.05) is 44.5 Å². The van der Waals surface area contributed by atoms with E-state index in [1.54, 1.807) is 12.4 Å². The fourth-order valence-corrected chi connectivity index (χ4v) is 4.83. The van der Waals surface area contributed by atoms with Crippen LogP contribution >= 0.6 is 0 Å². The molecule has 2 aliphatic rings. The predicted octanol–water partition coefficient (Wildman–Crippen LogP) is 2.48. The lowest BCUT2D eigenvalue weighted by Gasteiger charge is -2.34. The highest BCUT2D eigenvalue weighted by atomic mass is 16.3. The summed E-state index contributed by atoms with van der Waals surface area (Å²) in [6, 6.07) is 16.6. The van der Waals surface area contributed by atoms with Gasteiger partial charge in [-0.1, -0.05) is 36.4 Å². The molecule has 0 bridgehead atoms. The maximum Gasteiger partial charge on any atom is 0.254 e. The molecule has 2 aromatic carbocycles. The Morgan fingerprint density at radius 1 is 0.906 bits per heavy atom. The maximum absolute atomic E-state index is 13.2. The molecule has 1 unspecified atom stereocenters. The molecular weight excluding hydrogens is 400 g/mol. The fourth-order valence-electron chi connectivity index (χ4n) is 4.83. The predicted molar refractivity (Wildman–Crippen MR) is 122 cm³/mol. The van der Waals surface area contributed by atoms with Crippen molar-refractivity contribution >= 4 is 5.91 Å². The first kappa shape index (κ1) is 20.8. The molecule has 164 valence electrons. The minimum Gasteiger partial charge on any atom is -0.390 e. The first-order valence-electron chi connectivity index (χ1n) is 11.3. The fraction of sp³-hybridized carbons (Fsp3) is 0.346. The summed E-state index contributed by atoms with van der Waals surface area (Å²) in [5, 5.41) is 18.5. The third-order valence-corrected chi connectivity index (χ3v) is 6.51. The van der Waals surface area contributed by atoms with Crippen molar-refractivity contribution in [3.05, 3.63) is 94.3 Å². The largest absolute Gasteiger partial charge is 0.390 e. The van der Waals surface area contributed by atoms with Gasteiger partial charge in [0.05, 0.1) is 12.3 Å². The average Bonchev–Trinajstić information content (AvgIpc) is 2.82. The van der Waals surface area contributed by atoms with E-state index in [1.165, 1.54) is 11.1 Å². The van der Waals surface area contributed by atoms with Crippen molar-refractivity contribution in [3.8, 4) is 0 Å². The van der Waals surface area contributed by atoms with Crippen molar-refractivity contribution in [2.45, 2.75) is 31.9 Å². The van der Waals surface area contributed by atoms with Crippen LogP contribution in [0.1, 0.15) is 38.2 Å². The van der Waals surface area contributed by atoms with E-state index in [0.717, 1.165) is 54.6 Å². The molecule has 3 aromatic rings. The quantitative estimate of drug-likeness (QED) is 0.653. The smallest absolute Gasteiger partial charge is 0.254 e. The second-order valence-corrected chi connectivity index (χ2v) is 8.83. The molecule has 0 aliphatic carbocycles. The Morgan fingerprint density at radius 2 is 1.75 bits per heavy atom. The number of β-amino-alcohol motifs (C(OH)–C–C–N with tert-alkyl or cyclic N) is 1. The van der Waals surface area contributed by atoms with Crippen molar-refractivity contribution in [1.29, 1.82) is 0 Å². The molecular formula is C26H28N4O2. The molecule has 32 heavy (non-hydrogen) atoms. The molecule has 0 spiro atoms. The standard InChI is InChI=1S/C26H28N4O2/c31-24(17-29-11-8-21-3-1-2-4-23(21)16-29)18-30-12-9-22-6-5-19(14-25(22)26(30)32)13-20-7-10-27-28-15-20/h1-7,10,14-15,24,31H,8-9,11-13,16-18H2. The second kappa shape index (κ2) is 9.18. The molecule has 1 N–H and O–H groups in total. The van der Waals surface area contributed by atoms with E-state index in [9.17, 15) is 9.90 Å². The number of aliphatic hydroxyl groups excluding tert-OH is 1. The van der Waals surface area contributed by atoms with Crippen molar-refractivity contribution in [1.82, 2.24) is 20.0 Å². The summed E-state index contributed by atoms with van der Waals surface area (Å²) in [6.07, 6.45) is 5.43. The van der Waals surface area contributed by atoms with Crippen LogP contribution < -0.4 is 0 Å². The van der Waals surface area contributed by atoms with Crippen molar-refractivity contribution < 1.29 is 9.90 Å². The highest BCUT2D eigenvalue weighted by Gasteiger charge is 2.27. The van der Waals surface area contributed by atoms with Crippen LogP contribution in [0.15, 0.2) is 60.9 Å². The number of rotatable bonds is 6. The number of nitrogens with zero attached hydrogens (tertiary/aromatic N) is 4. The molecule has 0 fully saturated rings. The van der Waals surface area contributed by atoms with Crippen LogP contribution in [0.5, 0.6) is 0 Å². The van der Waals surface area contributed by atoms with Gasteiger partial charge in [0.25, 0.3) is 5.91 Å². The number of aromatic nitrogens is 2. The van der Waals surface area contributed by atoms with Crippen molar-refractivity contribution in [2.75, 3.05) is 26.2 Å². The first-order valence-corrected chi connectivity index (χ1v) is 11.3. The van der Waals surface area contributed by atoms with E-state index in [4.69, 9.17) is 0 Å². The van der Waals surface area contributed by atoms with Gasteiger partial charge in [0.15, 0.2) is 0 Å². The van der Waals surface area contributed by atoms with E-state index in [2.05, 4.69) is 51.5 Å². The molecule has 6 nitrogen and oxygen atoms in total. The molecule has 6 heteroatoms. The zero-order valence-corrected chi connectivity index (χ0v) is 18.2. The summed E-state index contributed by atoms with van der Waals surface area (Å²) in [6.45, 7) is 3.41. The topological polar surface area (TPSA) is 69.6 Å². The van der Waals surface area contributed by atoms with Crippen LogP contribution in [0.4, 0.5) is 0 Å². The molecule has 1 atom stereocenters. The van der Waals surface area contributed by atoms with Gasteiger partial charge in [0.2, 0.25) is 0 Å². The molecule has 5 rings (SSSR count). The van der Waals surface area contributed by atoms with Crippen LogP contribution in [0, 0.1) is 0 Å². The first-order chi connectivity index (χ1) is 15.7. The van der Waals surface area contributed by atoms with Crippen LogP contribution in [0.3, 0.4) is 0 Å². The number of fused-ring (bicyclic) bond motifs is 2. The van der Waals surface area contributed by atoms with Gasteiger partial charge in [-0.05, 0) is 59.2 Å². The summed E-state index contributed by atoms with van der Waals surface area (Å²) < 4.78 is 0. The number of carbonyl (C=O) groups excluding carboxylic acids is 1. The number of benzene rings is 2. The van der Waals surface area contributed by atoms with Crippen molar-refractivity contribution in [2.24, 2.45) is 0 Å². The summed E-state index contributed by atoms with van der Waals surface area (Å²) in [4.78, 5) is 17.3. The van der Waals surface area contributed by atoms with Crippen LogP contribution in [0.25, 0.3) is 0 Å². The number of aliphatic hydroxyl groups is 1. The Bertz CT molecular complexity index is 1100. The Hall–Kier alpha value is -3.09. The molecule has 0 radical (unpaired) electrons. The third-order valence-electron chi connectivity index (χ3n) is 6.51. The Labute approximate surface area is 188 Å². The van der Waals surface area contributed by atoms with E-state index in [0.29, 0.717) is 19.6 Å². The highest BCUT2D eigenvalue weighted by Crippen LogP contribution is 2.23. The Morgan fingerprint density at radius 3 is 2.59 bits per heavy atom. The maximum atomic E-state index is 13.2. The van der Waals surface area contributed by atoms with E-state index in [-0.39, 0.29) is 5.91 Å². The van der Waals surface area contributed by atoms with Crippen molar-refractivity contribution in [3.63, 3.8) is 0 Å². The second-order valence-electron chi connectivity index (χ2n) is 8.83. The SMILES string of the molecule is O=C1c2cc(Cc3ccnnc3)ccc2CCN1CC(O)CN1CCc2ccccc2C1. The van der Waals surface area contributed by atoms with E-state index >= 15 is 0 Å². The molecule has 3 heterocycles. The molecule has 0 saturated carbocycles. The average molecular weight is 429 g/mol. The van der Waals surface area contributed by atoms with Gasteiger partial charge in [-0.3, -0.25) is 9.69 Å². The lowest BCUT2D eigenvalue weighted by Crippen LogP contribution is -2.46. The van der Waals surface area contributed by atoms with Crippen LogP contribution in [0.2, 0.25) is 0 Å². The summed E-state index contributed by atoms with van der Waals surface area (Å²) in [5.74, 6) is 0.0176. The van der Waals surface area contributed by atoms with Gasteiger partial charge in [-0.25, -0.2) is 0 Å². The van der Waals surface area contributed by atoms with E-state index < -0.39 is 6.10 Å². The number of carbonyl (C=O) groups is 1. The minimum atomic E-state index is -0.558. The Balaban J connectivity index is 1.22. The van der Waals surface area contributed by atoms with E-state index in [1.807, 2.05) is 17.0 Å². The van der Waals surface area contributed by atoms with Gasteiger partial charge >= 0.3 is 0 Å². The highest BCUT2D eigenvalue weighted by molar-refractivity contribution is 5.97. The van der Waals surface area contributed by atoms with Crippen LogP contribution in [-0.2, 0) is 25.8 Å². The van der Waals surface area contributed by atoms with Gasteiger partial charge in [-0.2, -0.15) is 10.2 Å². The van der Waals surface area contributed by atoms with Gasteiger partial charge in [-0.15, -0.1) is 0 Å². The monoisotopic (exact) mass is 428 g/mol. The molecule has 1 amide bonds. The van der Waals surface area contributed by atoms with Gasteiger partial charge < -0.3 is 10.0 Å². The van der Waals surface area contributed by atoms with Gasteiger partial charge in [0.1, 0.15) is 0 Å². The minimum absolute atomic E-state index is 0.0176.